The van der Waals surface area contributed by atoms with Crippen molar-refractivity contribution in [1.29, 1.82) is 0 Å². The minimum Gasteiger partial charge on any atom is -0.469 e. The molecule has 1 fully saturated rings. The molecule has 0 aliphatic heterocycles. The van der Waals surface area contributed by atoms with Crippen molar-refractivity contribution < 1.29 is 28.2 Å². The van der Waals surface area contributed by atoms with Gasteiger partial charge in [0.2, 0.25) is 12.3 Å². The highest BCUT2D eigenvalue weighted by Crippen LogP contribution is 2.26. The lowest BCUT2D eigenvalue weighted by Gasteiger charge is -1.87. The molecule has 0 bridgehead atoms. The van der Waals surface area contributed by atoms with Gasteiger partial charge in [-0.1, -0.05) is 33.6 Å². The molecule has 0 saturated heterocycles. The molecule has 0 spiro atoms. The van der Waals surface area contributed by atoms with Gasteiger partial charge in [0.25, 0.3) is 0 Å². The summed E-state index contributed by atoms with van der Waals surface area (Å²) in [7, 11) is 4.99. The second-order valence-electron chi connectivity index (χ2n) is 6.54. The molecule has 9 heteroatoms. The van der Waals surface area contributed by atoms with Gasteiger partial charge in [0, 0.05) is 40.3 Å². The molecule has 200 valence electrons. The van der Waals surface area contributed by atoms with Crippen LogP contribution in [0.3, 0.4) is 0 Å². The number of carbonyl (C=O) groups is 2. The molecule has 1 saturated carbocycles. The highest BCUT2D eigenvalue weighted by molar-refractivity contribution is 5.72. The summed E-state index contributed by atoms with van der Waals surface area (Å²) >= 11 is 0. The van der Waals surface area contributed by atoms with Gasteiger partial charge in [-0.2, -0.15) is 0 Å². The summed E-state index contributed by atoms with van der Waals surface area (Å²) < 4.78 is 18.2. The van der Waals surface area contributed by atoms with Crippen molar-refractivity contribution in [3.05, 3.63) is 12.3 Å². The first-order valence-corrected chi connectivity index (χ1v) is 11.6. The quantitative estimate of drug-likeness (QED) is 0.590. The van der Waals surface area contributed by atoms with Crippen LogP contribution in [0.15, 0.2) is 10.8 Å². The molecule has 2 rings (SSSR count). The second-order valence-corrected chi connectivity index (χ2v) is 6.54. The third-order valence-corrected chi connectivity index (χ3v) is 2.90. The standard InChI is InChI=1S/C4H8O2.C4H10O.C4H8.C3H4N2O.C3H9N.C3H8O.C3H6O/c1-3-4(5)6-2;1-3-5-4-2;1-4-2-3-4;1-3-5-4-2-6-3;2*1-3-4-2;1-3(2)4/h3H2,1-2H3;3-4H2,1-2H3;4H,2-3H2,1H3;2H,1H3;4H,3H2,1-2H3;3H2,1-2H3;1-2H3. The molecule has 1 aromatic heterocycles. The maximum atomic E-state index is 9.96. The molecule has 1 aromatic rings. The number of carbonyl (C=O) groups excluding carboxylic acids is 2. The Hall–Kier alpha value is -1.84. The van der Waals surface area contributed by atoms with Crippen LogP contribution in [0.2, 0.25) is 0 Å². The number of esters is 1. The van der Waals surface area contributed by atoms with E-state index in [9.17, 15) is 9.59 Å². The summed E-state index contributed by atoms with van der Waals surface area (Å²) in [6, 6.07) is 0. The number of rotatable bonds is 5. The number of Topliss-reactive ketones (excluding diaryl/α,β-unsaturated/α-hetero) is 1. The van der Waals surface area contributed by atoms with E-state index in [0.29, 0.717) is 12.3 Å². The minimum atomic E-state index is -0.157. The minimum absolute atomic E-state index is 0.157. The number of aromatic nitrogens is 2. The number of nitrogens with one attached hydrogen (secondary N) is 1. The van der Waals surface area contributed by atoms with Gasteiger partial charge in [-0.15, -0.1) is 10.2 Å². The zero-order valence-electron chi connectivity index (χ0n) is 23.4. The number of ketones is 1. The lowest BCUT2D eigenvalue weighted by molar-refractivity contribution is -0.140. The SMILES string of the molecule is CC(C)=O.CC1CC1.CCC(=O)OC.CCNC.CCOC.CCOCC.Cc1nnco1. The average Bonchev–Trinajstić information content (AvgIpc) is 3.44. The van der Waals surface area contributed by atoms with Crippen LogP contribution in [-0.4, -0.2) is 69.6 Å². The van der Waals surface area contributed by atoms with Crippen LogP contribution in [0.5, 0.6) is 0 Å². The van der Waals surface area contributed by atoms with Crippen LogP contribution >= 0.6 is 0 Å². The van der Waals surface area contributed by atoms with Gasteiger partial charge in [-0.25, -0.2) is 0 Å². The van der Waals surface area contributed by atoms with E-state index in [4.69, 9.17) is 4.74 Å². The summed E-state index contributed by atoms with van der Waals surface area (Å²) in [6.07, 6.45) is 4.74. The predicted molar refractivity (Wildman–Crippen MR) is 135 cm³/mol. The Morgan fingerprint density at radius 1 is 1.06 bits per heavy atom. The van der Waals surface area contributed by atoms with Gasteiger partial charge in [-0.3, -0.25) is 4.79 Å². The van der Waals surface area contributed by atoms with Crippen molar-refractivity contribution in [2.75, 3.05) is 47.6 Å². The van der Waals surface area contributed by atoms with E-state index in [1.165, 1.54) is 40.2 Å². The van der Waals surface area contributed by atoms with Crippen LogP contribution in [-0.2, 0) is 23.8 Å². The maximum absolute atomic E-state index is 9.96. The molecule has 9 nitrogen and oxygen atoms in total. The normalized spacial score (nSPS) is 10.1. The molecular weight excluding hydrogens is 426 g/mol. The molecule has 0 aromatic carbocycles. The zero-order valence-corrected chi connectivity index (χ0v) is 23.4. The fourth-order valence-corrected chi connectivity index (χ4v) is 0.743. The van der Waals surface area contributed by atoms with Crippen molar-refractivity contribution in [1.82, 2.24) is 15.5 Å². The van der Waals surface area contributed by atoms with Crippen LogP contribution in [0.25, 0.3) is 0 Å². The molecule has 1 heterocycles. The van der Waals surface area contributed by atoms with E-state index in [-0.39, 0.29) is 11.8 Å². The molecule has 1 aliphatic carbocycles. The number of hydrogen-bond donors (Lipinski definition) is 1. The Kier molecular flexibility index (Phi) is 50.8. The zero-order chi connectivity index (χ0) is 26.9. The largest absolute Gasteiger partial charge is 0.469 e. The van der Waals surface area contributed by atoms with Gasteiger partial charge >= 0.3 is 5.97 Å². The van der Waals surface area contributed by atoms with Gasteiger partial charge in [-0.05, 0) is 54.1 Å². The van der Waals surface area contributed by atoms with Crippen LogP contribution < -0.4 is 5.32 Å². The molecule has 33 heavy (non-hydrogen) atoms. The van der Waals surface area contributed by atoms with Crippen LogP contribution in [0.4, 0.5) is 0 Å². The first kappa shape index (κ1) is 41.4. The van der Waals surface area contributed by atoms with E-state index in [1.807, 2.05) is 27.8 Å². The average molecular weight is 480 g/mol. The van der Waals surface area contributed by atoms with Crippen molar-refractivity contribution >= 4 is 11.8 Å². The summed E-state index contributed by atoms with van der Waals surface area (Å²) in [6.45, 7) is 20.4. The number of methoxy groups -OCH3 is 2. The molecule has 0 atom stereocenters. The number of aryl methyl sites for hydroxylation is 1. The number of nitrogens with zero attached hydrogens (tertiary/aromatic N) is 2. The fourth-order valence-electron chi connectivity index (χ4n) is 0.743. The third kappa shape index (κ3) is 91.6. The highest BCUT2D eigenvalue weighted by atomic mass is 16.5. The topological polar surface area (TPSA) is 113 Å². The van der Waals surface area contributed by atoms with E-state index in [1.54, 1.807) is 21.0 Å². The Morgan fingerprint density at radius 3 is 1.48 bits per heavy atom. The molecule has 1 N–H and O–H groups in total. The highest BCUT2D eigenvalue weighted by Gasteiger charge is 2.12. The summed E-state index contributed by atoms with van der Waals surface area (Å²) in [5, 5.41) is 9.84. The van der Waals surface area contributed by atoms with E-state index in [2.05, 4.69) is 43.3 Å². The maximum Gasteiger partial charge on any atom is 0.305 e. The van der Waals surface area contributed by atoms with Crippen LogP contribution in [0, 0.1) is 12.8 Å². The fraction of sp³-hybridized carbons (Fsp3) is 0.833. The summed E-state index contributed by atoms with van der Waals surface area (Å²) in [4.78, 5) is 19.4. The van der Waals surface area contributed by atoms with Crippen molar-refractivity contribution in [3.8, 4) is 0 Å². The van der Waals surface area contributed by atoms with Crippen molar-refractivity contribution in [3.63, 3.8) is 0 Å². The summed E-state index contributed by atoms with van der Waals surface area (Å²) in [5.41, 5.74) is 0. The Bertz CT molecular complexity index is 433. The first-order chi connectivity index (χ1) is 15.6. The molecule has 0 unspecified atom stereocenters. The molecule has 1 aliphatic rings. The second kappa shape index (κ2) is 40.5. The monoisotopic (exact) mass is 479 g/mol. The van der Waals surface area contributed by atoms with Gasteiger partial charge in [0.05, 0.1) is 7.11 Å². The lowest BCUT2D eigenvalue weighted by Crippen LogP contribution is -2.01. The van der Waals surface area contributed by atoms with E-state index in [0.717, 1.165) is 32.3 Å². The van der Waals surface area contributed by atoms with Gasteiger partial charge in [0.1, 0.15) is 5.78 Å². The first-order valence-electron chi connectivity index (χ1n) is 11.6. The predicted octanol–water partition coefficient (Wildman–Crippen LogP) is 4.88. The van der Waals surface area contributed by atoms with Crippen LogP contribution in [0.1, 0.15) is 80.5 Å². The lowest BCUT2D eigenvalue weighted by atomic mass is 10.5. The summed E-state index contributed by atoms with van der Waals surface area (Å²) in [5.74, 6) is 1.70. The third-order valence-electron chi connectivity index (χ3n) is 2.90. The molecular formula is C24H53N3O6. The molecule has 0 radical (unpaired) electrons. The van der Waals surface area contributed by atoms with Gasteiger partial charge < -0.3 is 28.7 Å². The Labute approximate surface area is 203 Å². The van der Waals surface area contributed by atoms with Crippen molar-refractivity contribution in [2.24, 2.45) is 5.92 Å². The van der Waals surface area contributed by atoms with Crippen molar-refractivity contribution in [2.45, 2.75) is 81.6 Å². The Morgan fingerprint density at radius 2 is 1.45 bits per heavy atom. The van der Waals surface area contributed by atoms with E-state index >= 15 is 0 Å². The molecule has 0 amide bonds. The Balaban J connectivity index is -0.0000000932. The number of ether oxygens (including phenoxy) is 3. The smallest absolute Gasteiger partial charge is 0.305 e. The van der Waals surface area contributed by atoms with E-state index < -0.39 is 0 Å². The number of hydrogen-bond acceptors (Lipinski definition) is 9. The van der Waals surface area contributed by atoms with Gasteiger partial charge in [0.15, 0.2) is 0 Å².